The summed E-state index contributed by atoms with van der Waals surface area (Å²) in [6.45, 7) is 0. The number of hydrogen-bond acceptors (Lipinski definition) is 2. The molecular weight excluding hydrogens is 251 g/mol. The van der Waals surface area contributed by atoms with Crippen molar-refractivity contribution in [3.8, 4) is 0 Å². The zero-order valence-electron chi connectivity index (χ0n) is 11.2. The fourth-order valence-corrected chi connectivity index (χ4v) is 2.53. The maximum absolute atomic E-state index is 13.1. The molecule has 2 nitrogen and oxygen atoms in total. The molecule has 1 heterocycles. The van der Waals surface area contributed by atoms with Crippen LogP contribution in [0, 0.1) is 5.82 Å². The Kier molecular flexibility index (Phi) is 3.44. The second-order valence-electron chi connectivity index (χ2n) is 4.72. The summed E-state index contributed by atoms with van der Waals surface area (Å²) in [5.74, 6) is -0.223. The Bertz CT molecular complexity index is 717. The number of aromatic nitrogens is 1. The summed E-state index contributed by atoms with van der Waals surface area (Å²) in [5, 5.41) is 5.55. The quantitative estimate of drug-likeness (QED) is 0.782. The van der Waals surface area contributed by atoms with E-state index < -0.39 is 0 Å². The van der Waals surface area contributed by atoms with Crippen LogP contribution < -0.4 is 5.32 Å². The van der Waals surface area contributed by atoms with Gasteiger partial charge in [0.15, 0.2) is 0 Å². The van der Waals surface area contributed by atoms with Crippen molar-refractivity contribution in [2.24, 2.45) is 0 Å². The Morgan fingerprint density at radius 2 is 1.75 bits per heavy atom. The average molecular weight is 266 g/mol. The molecule has 100 valence electrons. The number of pyridine rings is 1. The predicted molar refractivity (Wildman–Crippen MR) is 79.0 cm³/mol. The predicted octanol–water partition coefficient (Wildman–Crippen LogP) is 3.68. The Morgan fingerprint density at radius 3 is 2.50 bits per heavy atom. The van der Waals surface area contributed by atoms with Gasteiger partial charge in [0.05, 0.1) is 6.04 Å². The number of nitrogens with zero attached hydrogens (tertiary/aromatic N) is 1. The smallest absolute Gasteiger partial charge is 0.123 e. The van der Waals surface area contributed by atoms with Gasteiger partial charge in [-0.15, -0.1) is 0 Å². The van der Waals surface area contributed by atoms with Gasteiger partial charge in [-0.1, -0.05) is 36.4 Å². The number of benzene rings is 2. The lowest BCUT2D eigenvalue weighted by Crippen LogP contribution is -2.18. The second-order valence-corrected chi connectivity index (χ2v) is 4.72. The molecule has 0 bridgehead atoms. The normalized spacial score (nSPS) is 12.5. The molecule has 0 saturated heterocycles. The average Bonchev–Trinajstić information content (AvgIpc) is 2.50. The first-order chi connectivity index (χ1) is 9.79. The standard InChI is InChI=1S/C17H15FN2/c1-19-17(12-6-8-14(18)9-7-12)16-11-20-10-13-4-2-3-5-15(13)16/h2-11,17,19H,1H3. The van der Waals surface area contributed by atoms with Crippen LogP contribution in [0.1, 0.15) is 17.2 Å². The van der Waals surface area contributed by atoms with Crippen molar-refractivity contribution < 1.29 is 4.39 Å². The highest BCUT2D eigenvalue weighted by Gasteiger charge is 2.15. The summed E-state index contributed by atoms with van der Waals surface area (Å²) >= 11 is 0. The molecule has 1 aromatic heterocycles. The van der Waals surface area contributed by atoms with Gasteiger partial charge < -0.3 is 5.32 Å². The Morgan fingerprint density at radius 1 is 1.00 bits per heavy atom. The molecule has 1 unspecified atom stereocenters. The Hall–Kier alpha value is -2.26. The largest absolute Gasteiger partial charge is 0.309 e. The van der Waals surface area contributed by atoms with Crippen LogP contribution in [-0.4, -0.2) is 12.0 Å². The van der Waals surface area contributed by atoms with Gasteiger partial charge in [-0.25, -0.2) is 4.39 Å². The number of hydrogen-bond donors (Lipinski definition) is 1. The van der Waals surface area contributed by atoms with Crippen LogP contribution in [0.25, 0.3) is 10.8 Å². The zero-order valence-corrected chi connectivity index (χ0v) is 11.2. The van der Waals surface area contributed by atoms with Gasteiger partial charge in [0.1, 0.15) is 5.82 Å². The Balaban J connectivity index is 2.14. The minimum absolute atomic E-state index is 0.00537. The lowest BCUT2D eigenvalue weighted by molar-refractivity contribution is 0.623. The zero-order chi connectivity index (χ0) is 13.9. The fourth-order valence-electron chi connectivity index (χ4n) is 2.53. The first-order valence-electron chi connectivity index (χ1n) is 6.55. The number of fused-ring (bicyclic) bond motifs is 1. The van der Waals surface area contributed by atoms with E-state index in [4.69, 9.17) is 0 Å². The van der Waals surface area contributed by atoms with Crippen molar-refractivity contribution in [3.05, 3.63) is 77.9 Å². The molecule has 0 aliphatic rings. The summed E-state index contributed by atoms with van der Waals surface area (Å²) in [6.07, 6.45) is 3.73. The van der Waals surface area contributed by atoms with Crippen LogP contribution in [0.3, 0.4) is 0 Å². The van der Waals surface area contributed by atoms with E-state index >= 15 is 0 Å². The molecule has 1 atom stereocenters. The van der Waals surface area contributed by atoms with Gasteiger partial charge >= 0.3 is 0 Å². The van der Waals surface area contributed by atoms with Crippen molar-refractivity contribution in [1.29, 1.82) is 0 Å². The van der Waals surface area contributed by atoms with Gasteiger partial charge in [0.2, 0.25) is 0 Å². The molecule has 0 aliphatic heterocycles. The molecule has 0 aliphatic carbocycles. The Labute approximate surface area is 117 Å². The minimum Gasteiger partial charge on any atom is -0.309 e. The summed E-state index contributed by atoms with van der Waals surface area (Å²) in [7, 11) is 1.90. The van der Waals surface area contributed by atoms with E-state index in [1.807, 2.05) is 37.6 Å². The van der Waals surface area contributed by atoms with Crippen molar-refractivity contribution in [3.63, 3.8) is 0 Å². The van der Waals surface area contributed by atoms with Gasteiger partial charge in [0, 0.05) is 17.8 Å². The number of nitrogens with one attached hydrogen (secondary N) is 1. The van der Waals surface area contributed by atoms with Gasteiger partial charge in [-0.2, -0.15) is 0 Å². The van der Waals surface area contributed by atoms with E-state index in [0.29, 0.717) is 0 Å². The maximum Gasteiger partial charge on any atom is 0.123 e. The molecule has 3 heteroatoms. The number of halogens is 1. The highest BCUT2D eigenvalue weighted by atomic mass is 19.1. The van der Waals surface area contributed by atoms with Crippen molar-refractivity contribution in [2.75, 3.05) is 7.05 Å². The lowest BCUT2D eigenvalue weighted by Gasteiger charge is -2.18. The van der Waals surface area contributed by atoms with Crippen molar-refractivity contribution in [1.82, 2.24) is 10.3 Å². The van der Waals surface area contributed by atoms with E-state index in [1.54, 1.807) is 12.1 Å². The molecule has 1 N–H and O–H groups in total. The van der Waals surface area contributed by atoms with Crippen molar-refractivity contribution >= 4 is 10.8 Å². The first-order valence-corrected chi connectivity index (χ1v) is 6.55. The monoisotopic (exact) mass is 266 g/mol. The molecule has 0 fully saturated rings. The molecule has 3 aromatic rings. The minimum atomic E-state index is -0.223. The van der Waals surface area contributed by atoms with Crippen LogP contribution >= 0.6 is 0 Å². The summed E-state index contributed by atoms with van der Waals surface area (Å²) < 4.78 is 13.1. The third-order valence-corrected chi connectivity index (χ3v) is 3.50. The van der Waals surface area contributed by atoms with Gasteiger partial charge in [-0.05, 0) is 35.7 Å². The molecule has 0 spiro atoms. The van der Waals surface area contributed by atoms with Crippen molar-refractivity contribution in [2.45, 2.75) is 6.04 Å². The lowest BCUT2D eigenvalue weighted by atomic mass is 9.96. The molecule has 0 amide bonds. The highest BCUT2D eigenvalue weighted by molar-refractivity contribution is 5.85. The third-order valence-electron chi connectivity index (χ3n) is 3.50. The van der Waals surface area contributed by atoms with Gasteiger partial charge in [-0.3, -0.25) is 4.98 Å². The second kappa shape index (κ2) is 5.39. The molecule has 0 saturated carbocycles. The van der Waals surface area contributed by atoms with E-state index in [9.17, 15) is 4.39 Å². The topological polar surface area (TPSA) is 24.9 Å². The molecule has 0 radical (unpaired) electrons. The van der Waals surface area contributed by atoms with Crippen LogP contribution in [0.5, 0.6) is 0 Å². The van der Waals surface area contributed by atoms with E-state index in [2.05, 4.69) is 16.4 Å². The summed E-state index contributed by atoms with van der Waals surface area (Å²) in [5.41, 5.74) is 2.12. The van der Waals surface area contributed by atoms with Crippen LogP contribution in [-0.2, 0) is 0 Å². The first kappa shape index (κ1) is 12.8. The van der Waals surface area contributed by atoms with Crippen LogP contribution in [0.2, 0.25) is 0 Å². The summed E-state index contributed by atoms with van der Waals surface area (Å²) in [4.78, 5) is 4.31. The molecule has 3 rings (SSSR count). The van der Waals surface area contributed by atoms with E-state index in [-0.39, 0.29) is 11.9 Å². The van der Waals surface area contributed by atoms with Crippen LogP contribution in [0.15, 0.2) is 60.9 Å². The van der Waals surface area contributed by atoms with Crippen LogP contribution in [0.4, 0.5) is 4.39 Å². The third kappa shape index (κ3) is 2.28. The fraction of sp³-hybridized carbons (Fsp3) is 0.118. The van der Waals surface area contributed by atoms with E-state index in [0.717, 1.165) is 21.9 Å². The number of rotatable bonds is 3. The summed E-state index contributed by atoms with van der Waals surface area (Å²) in [6, 6.07) is 14.7. The molecular formula is C17H15FN2. The maximum atomic E-state index is 13.1. The SMILES string of the molecule is CNC(c1ccc(F)cc1)c1cncc2ccccc12. The molecule has 20 heavy (non-hydrogen) atoms. The highest BCUT2D eigenvalue weighted by Crippen LogP contribution is 2.27. The molecule has 2 aromatic carbocycles. The van der Waals surface area contributed by atoms with E-state index in [1.165, 1.54) is 12.1 Å². The van der Waals surface area contributed by atoms with Gasteiger partial charge in [0.25, 0.3) is 0 Å².